The van der Waals surface area contributed by atoms with Gasteiger partial charge in [-0.1, -0.05) is 130 Å². The van der Waals surface area contributed by atoms with E-state index in [1.54, 1.807) is 0 Å². The summed E-state index contributed by atoms with van der Waals surface area (Å²) in [5, 5.41) is 0. The molecule has 0 atom stereocenters. The SMILES string of the molecule is CCCCCCCCCCCCCCCCCCC(CC)(CC)C(CC)=C(N)N.F.F. The molecule has 190 valence electrons. The Morgan fingerprint density at radius 3 is 1.10 bits per heavy atom. The van der Waals surface area contributed by atoms with Crippen LogP contribution in [-0.2, 0) is 0 Å². The molecule has 0 spiro atoms. The monoisotopic (exact) mass is 448 g/mol. The third-order valence-corrected chi connectivity index (χ3v) is 7.20. The van der Waals surface area contributed by atoms with E-state index in [0.29, 0.717) is 5.82 Å². The maximum Gasteiger partial charge on any atom is 0.0930 e. The fourth-order valence-corrected chi connectivity index (χ4v) is 5.08. The first kappa shape index (κ1) is 34.8. The van der Waals surface area contributed by atoms with E-state index < -0.39 is 0 Å². The molecule has 4 heteroatoms. The smallest absolute Gasteiger partial charge is 0.0930 e. The predicted molar refractivity (Wildman–Crippen MR) is 138 cm³/mol. The quantitative estimate of drug-likeness (QED) is 0.172. The van der Waals surface area contributed by atoms with E-state index >= 15 is 0 Å². The summed E-state index contributed by atoms with van der Waals surface area (Å²) >= 11 is 0. The number of hydrogen-bond donors (Lipinski definition) is 2. The Balaban J connectivity index is -0.00000392. The van der Waals surface area contributed by atoms with Gasteiger partial charge in [-0.15, -0.1) is 0 Å². The lowest BCUT2D eigenvalue weighted by Gasteiger charge is -2.35. The molecule has 0 aromatic heterocycles. The summed E-state index contributed by atoms with van der Waals surface area (Å²) in [5.41, 5.74) is 13.6. The van der Waals surface area contributed by atoms with Gasteiger partial charge in [-0.25, -0.2) is 0 Å². The van der Waals surface area contributed by atoms with Crippen LogP contribution in [0.3, 0.4) is 0 Å². The highest BCUT2D eigenvalue weighted by molar-refractivity contribution is 5.18. The second-order valence-corrected chi connectivity index (χ2v) is 9.33. The van der Waals surface area contributed by atoms with Crippen LogP contribution in [0.1, 0.15) is 156 Å². The van der Waals surface area contributed by atoms with Crippen molar-refractivity contribution in [2.45, 2.75) is 156 Å². The van der Waals surface area contributed by atoms with E-state index in [-0.39, 0.29) is 14.8 Å². The minimum atomic E-state index is 0. The fraction of sp³-hybridized carbons (Fsp3) is 0.926. The van der Waals surface area contributed by atoms with Gasteiger partial charge in [-0.2, -0.15) is 0 Å². The zero-order valence-corrected chi connectivity index (χ0v) is 21.6. The summed E-state index contributed by atoms with van der Waals surface area (Å²) < 4.78 is 0. The molecule has 0 aliphatic carbocycles. The van der Waals surface area contributed by atoms with Crippen molar-refractivity contribution in [3.63, 3.8) is 0 Å². The van der Waals surface area contributed by atoms with Crippen LogP contribution in [0.25, 0.3) is 0 Å². The third kappa shape index (κ3) is 16.5. The molecule has 0 radical (unpaired) electrons. The van der Waals surface area contributed by atoms with Crippen LogP contribution in [0.2, 0.25) is 0 Å². The van der Waals surface area contributed by atoms with Crippen LogP contribution in [0, 0.1) is 5.41 Å². The van der Waals surface area contributed by atoms with Gasteiger partial charge in [-0.3, -0.25) is 9.41 Å². The van der Waals surface area contributed by atoms with Crippen LogP contribution >= 0.6 is 0 Å². The molecule has 0 saturated heterocycles. The molecule has 0 fully saturated rings. The number of rotatable bonds is 21. The van der Waals surface area contributed by atoms with Crippen molar-refractivity contribution < 1.29 is 9.41 Å². The molecule has 4 N–H and O–H groups in total. The summed E-state index contributed by atoms with van der Waals surface area (Å²) in [6, 6.07) is 0. The highest BCUT2D eigenvalue weighted by Crippen LogP contribution is 2.42. The van der Waals surface area contributed by atoms with Crippen molar-refractivity contribution in [1.29, 1.82) is 0 Å². The van der Waals surface area contributed by atoms with Gasteiger partial charge in [0.15, 0.2) is 0 Å². The molecule has 31 heavy (non-hydrogen) atoms. The first-order valence-electron chi connectivity index (χ1n) is 13.3. The number of unbranched alkanes of at least 4 members (excludes halogenated alkanes) is 15. The van der Waals surface area contributed by atoms with E-state index in [1.165, 1.54) is 115 Å². The predicted octanol–water partition coefficient (Wildman–Crippen LogP) is 9.29. The molecule has 0 aromatic carbocycles. The van der Waals surface area contributed by atoms with Gasteiger partial charge >= 0.3 is 0 Å². The van der Waals surface area contributed by atoms with Gasteiger partial charge in [-0.05, 0) is 36.7 Å². The molecular formula is C27H58F2N2. The molecular weight excluding hydrogens is 390 g/mol. The van der Waals surface area contributed by atoms with Crippen molar-refractivity contribution in [2.24, 2.45) is 16.9 Å². The summed E-state index contributed by atoms with van der Waals surface area (Å²) in [6.07, 6.45) is 27.4. The average molecular weight is 449 g/mol. The first-order valence-corrected chi connectivity index (χ1v) is 13.3. The zero-order chi connectivity index (χ0) is 21.8. The molecule has 0 saturated carbocycles. The third-order valence-electron chi connectivity index (χ3n) is 7.20. The lowest BCUT2D eigenvalue weighted by Crippen LogP contribution is -2.27. The topological polar surface area (TPSA) is 52.0 Å². The van der Waals surface area contributed by atoms with E-state index in [4.69, 9.17) is 11.5 Å². The van der Waals surface area contributed by atoms with Crippen molar-refractivity contribution in [2.75, 3.05) is 0 Å². The largest absolute Gasteiger partial charge is 0.386 e. The minimum absolute atomic E-state index is 0. The minimum Gasteiger partial charge on any atom is -0.386 e. The summed E-state index contributed by atoms with van der Waals surface area (Å²) in [6.45, 7) is 9.09. The molecule has 0 unspecified atom stereocenters. The lowest BCUT2D eigenvalue weighted by atomic mass is 9.70. The molecule has 2 nitrogen and oxygen atoms in total. The average Bonchev–Trinajstić information content (AvgIpc) is 2.72. The Kier molecular flexibility index (Phi) is 26.8. The molecule has 0 aromatic rings. The molecule has 0 amide bonds. The molecule has 0 aliphatic rings. The number of halogens is 2. The number of hydrogen-bond acceptors (Lipinski definition) is 2. The van der Waals surface area contributed by atoms with Crippen molar-refractivity contribution in [1.82, 2.24) is 0 Å². The van der Waals surface area contributed by atoms with Crippen LogP contribution < -0.4 is 11.5 Å². The normalized spacial score (nSPS) is 11.0. The summed E-state index contributed by atoms with van der Waals surface area (Å²) in [7, 11) is 0. The Hall–Kier alpha value is -0.800. The van der Waals surface area contributed by atoms with Gasteiger partial charge in [0.05, 0.1) is 5.82 Å². The van der Waals surface area contributed by atoms with Crippen molar-refractivity contribution in [3.8, 4) is 0 Å². The zero-order valence-electron chi connectivity index (χ0n) is 21.6. The number of allylic oxidation sites excluding steroid dienone is 1. The Morgan fingerprint density at radius 2 is 0.839 bits per heavy atom. The lowest BCUT2D eigenvalue weighted by molar-refractivity contribution is 0.277. The Bertz CT molecular complexity index is 389. The van der Waals surface area contributed by atoms with Gasteiger partial charge in [0.25, 0.3) is 0 Å². The highest BCUT2D eigenvalue weighted by atomic mass is 19.0. The second kappa shape index (κ2) is 23.9. The van der Waals surface area contributed by atoms with Crippen LogP contribution in [0.15, 0.2) is 11.4 Å². The van der Waals surface area contributed by atoms with Gasteiger partial charge in [0.2, 0.25) is 0 Å². The van der Waals surface area contributed by atoms with Crippen LogP contribution in [-0.4, -0.2) is 0 Å². The van der Waals surface area contributed by atoms with Crippen molar-refractivity contribution in [3.05, 3.63) is 11.4 Å². The maximum atomic E-state index is 6.00. The standard InChI is InChI=1S/C27H56N2.2FH/c1-5-9-10-11-12-13-14-15-16-17-18-19-20-21-22-23-24-27(7-3,8-4)25(6-2)26(28)29;;/h5-24,28-29H2,1-4H3;2*1H. The molecule has 0 heterocycles. The van der Waals surface area contributed by atoms with E-state index in [9.17, 15) is 0 Å². The van der Waals surface area contributed by atoms with Crippen molar-refractivity contribution >= 4 is 0 Å². The summed E-state index contributed by atoms with van der Waals surface area (Å²) in [5.74, 6) is 0.577. The maximum absolute atomic E-state index is 6.00. The van der Waals surface area contributed by atoms with Gasteiger partial charge in [0, 0.05) is 0 Å². The van der Waals surface area contributed by atoms with E-state index in [1.807, 2.05) is 0 Å². The molecule has 0 bridgehead atoms. The van der Waals surface area contributed by atoms with Gasteiger partial charge < -0.3 is 11.5 Å². The Morgan fingerprint density at radius 1 is 0.516 bits per heavy atom. The Labute approximate surface area is 194 Å². The first-order chi connectivity index (χ1) is 14.1. The second-order valence-electron chi connectivity index (χ2n) is 9.33. The van der Waals surface area contributed by atoms with Crippen LogP contribution in [0.5, 0.6) is 0 Å². The van der Waals surface area contributed by atoms with E-state index in [2.05, 4.69) is 27.7 Å². The van der Waals surface area contributed by atoms with Gasteiger partial charge in [0.1, 0.15) is 0 Å². The fourth-order valence-electron chi connectivity index (χ4n) is 5.08. The molecule has 0 aliphatic heterocycles. The van der Waals surface area contributed by atoms with E-state index in [0.717, 1.165) is 19.3 Å². The number of nitrogens with two attached hydrogens (primary N) is 2. The molecule has 0 rings (SSSR count). The van der Waals surface area contributed by atoms with Crippen LogP contribution in [0.4, 0.5) is 9.41 Å². The summed E-state index contributed by atoms with van der Waals surface area (Å²) in [4.78, 5) is 0. The highest BCUT2D eigenvalue weighted by Gasteiger charge is 2.30.